The van der Waals surface area contributed by atoms with Crippen molar-refractivity contribution >= 4 is 0 Å². The second-order valence-electron chi connectivity index (χ2n) is 5.46. The van der Waals surface area contributed by atoms with Crippen molar-refractivity contribution < 1.29 is 20.1 Å². The molecule has 0 amide bonds. The Balaban J connectivity index is 2.15. The molecule has 19 heavy (non-hydrogen) atoms. The molecule has 1 heterocycles. The van der Waals surface area contributed by atoms with Crippen LogP contribution in [0.3, 0.4) is 0 Å². The van der Waals surface area contributed by atoms with Crippen molar-refractivity contribution in [2.75, 3.05) is 26.3 Å². The standard InChI is InChI=1S/C14H29NO4/c1-3-8-19-9-6-4-5-7-15-10-12(16)14(18)13(17)11(15)2/h11-14,16-18H,3-10H2,1-2H3/t11-,12+,13+,14-/m1/s1. The molecule has 0 radical (unpaired) electrons. The zero-order chi connectivity index (χ0) is 14.3. The number of rotatable bonds is 8. The summed E-state index contributed by atoms with van der Waals surface area (Å²) in [7, 11) is 0. The normalized spacial score (nSPS) is 32.7. The van der Waals surface area contributed by atoms with Crippen molar-refractivity contribution in [2.45, 2.75) is 63.9 Å². The van der Waals surface area contributed by atoms with Gasteiger partial charge in [0, 0.05) is 25.8 Å². The van der Waals surface area contributed by atoms with Crippen molar-refractivity contribution in [3.63, 3.8) is 0 Å². The molecule has 3 N–H and O–H groups in total. The van der Waals surface area contributed by atoms with Gasteiger partial charge in [0.15, 0.2) is 0 Å². The van der Waals surface area contributed by atoms with Crippen LogP contribution >= 0.6 is 0 Å². The van der Waals surface area contributed by atoms with Crippen molar-refractivity contribution in [2.24, 2.45) is 0 Å². The molecule has 1 fully saturated rings. The van der Waals surface area contributed by atoms with Crippen LogP contribution in [0.5, 0.6) is 0 Å². The van der Waals surface area contributed by atoms with Gasteiger partial charge in [-0.1, -0.05) is 6.92 Å². The summed E-state index contributed by atoms with van der Waals surface area (Å²) in [5, 5.41) is 29.1. The summed E-state index contributed by atoms with van der Waals surface area (Å²) in [6.07, 6.45) is 1.49. The first-order valence-corrected chi connectivity index (χ1v) is 7.44. The van der Waals surface area contributed by atoms with Gasteiger partial charge in [-0.05, 0) is 39.2 Å². The predicted molar refractivity (Wildman–Crippen MR) is 74.0 cm³/mol. The smallest absolute Gasteiger partial charge is 0.108 e. The van der Waals surface area contributed by atoms with E-state index in [1.54, 1.807) is 0 Å². The van der Waals surface area contributed by atoms with Gasteiger partial charge in [-0.3, -0.25) is 4.90 Å². The van der Waals surface area contributed by atoms with Crippen LogP contribution in [0, 0.1) is 0 Å². The second-order valence-corrected chi connectivity index (χ2v) is 5.46. The Hall–Kier alpha value is -0.200. The van der Waals surface area contributed by atoms with Gasteiger partial charge in [-0.15, -0.1) is 0 Å². The van der Waals surface area contributed by atoms with Crippen molar-refractivity contribution in [3.05, 3.63) is 0 Å². The number of aliphatic hydroxyl groups excluding tert-OH is 3. The van der Waals surface area contributed by atoms with Gasteiger partial charge < -0.3 is 20.1 Å². The van der Waals surface area contributed by atoms with Gasteiger partial charge in [-0.25, -0.2) is 0 Å². The Bertz CT molecular complexity index is 239. The van der Waals surface area contributed by atoms with E-state index < -0.39 is 18.3 Å². The number of β-amino-alcohol motifs (C(OH)–C–C–N with tert-alkyl or cyclic N) is 1. The lowest BCUT2D eigenvalue weighted by Gasteiger charge is -2.42. The third-order valence-corrected chi connectivity index (χ3v) is 3.82. The van der Waals surface area contributed by atoms with Crippen LogP contribution in [-0.2, 0) is 4.74 Å². The van der Waals surface area contributed by atoms with Crippen LogP contribution in [0.4, 0.5) is 0 Å². The SMILES string of the molecule is CCCOCCCCCN1C[C@H](O)[C@@H](O)[C@@H](O)[C@H]1C. The molecule has 0 aromatic carbocycles. The van der Waals surface area contributed by atoms with E-state index in [1.807, 2.05) is 6.92 Å². The number of aliphatic hydroxyl groups is 3. The molecule has 0 unspecified atom stereocenters. The van der Waals surface area contributed by atoms with Crippen LogP contribution in [0.25, 0.3) is 0 Å². The zero-order valence-corrected chi connectivity index (χ0v) is 12.2. The molecule has 0 aromatic heterocycles. The monoisotopic (exact) mass is 275 g/mol. The molecule has 5 heteroatoms. The molecule has 0 saturated carbocycles. The molecule has 1 aliphatic rings. The van der Waals surface area contributed by atoms with E-state index in [0.29, 0.717) is 6.54 Å². The molecule has 0 aromatic rings. The van der Waals surface area contributed by atoms with Crippen LogP contribution in [0.1, 0.15) is 39.5 Å². The Morgan fingerprint density at radius 1 is 1.05 bits per heavy atom. The second kappa shape index (κ2) is 8.87. The van der Waals surface area contributed by atoms with Crippen molar-refractivity contribution in [1.29, 1.82) is 0 Å². The molecule has 0 spiro atoms. The Morgan fingerprint density at radius 3 is 2.47 bits per heavy atom. The average Bonchev–Trinajstić information content (AvgIpc) is 2.41. The topological polar surface area (TPSA) is 73.2 Å². The molecular formula is C14H29NO4. The van der Waals surface area contributed by atoms with Crippen LogP contribution < -0.4 is 0 Å². The minimum Gasteiger partial charge on any atom is -0.389 e. The molecule has 1 saturated heterocycles. The lowest BCUT2D eigenvalue weighted by atomic mass is 9.95. The maximum atomic E-state index is 9.82. The van der Waals surface area contributed by atoms with Crippen LogP contribution in [0.15, 0.2) is 0 Å². The first-order chi connectivity index (χ1) is 9.07. The summed E-state index contributed by atoms with van der Waals surface area (Å²) in [6.45, 7) is 6.92. The number of ether oxygens (including phenoxy) is 1. The van der Waals surface area contributed by atoms with Gasteiger partial charge >= 0.3 is 0 Å². The van der Waals surface area contributed by atoms with Gasteiger partial charge in [0.05, 0.1) is 12.2 Å². The summed E-state index contributed by atoms with van der Waals surface area (Å²) >= 11 is 0. The Kier molecular flexibility index (Phi) is 7.87. The first-order valence-electron chi connectivity index (χ1n) is 7.44. The fourth-order valence-corrected chi connectivity index (χ4v) is 2.48. The number of unbranched alkanes of at least 4 members (excludes halogenated alkanes) is 2. The highest BCUT2D eigenvalue weighted by Gasteiger charge is 2.38. The lowest BCUT2D eigenvalue weighted by molar-refractivity contribution is -0.133. The zero-order valence-electron chi connectivity index (χ0n) is 12.2. The van der Waals surface area contributed by atoms with E-state index in [1.165, 1.54) is 0 Å². The fraction of sp³-hybridized carbons (Fsp3) is 1.00. The van der Waals surface area contributed by atoms with Gasteiger partial charge in [-0.2, -0.15) is 0 Å². The van der Waals surface area contributed by atoms with Crippen molar-refractivity contribution in [1.82, 2.24) is 4.90 Å². The van der Waals surface area contributed by atoms with E-state index >= 15 is 0 Å². The Labute approximate surface area is 116 Å². The fourth-order valence-electron chi connectivity index (χ4n) is 2.48. The van der Waals surface area contributed by atoms with E-state index in [4.69, 9.17) is 4.74 Å². The average molecular weight is 275 g/mol. The minimum absolute atomic E-state index is 0.102. The van der Waals surface area contributed by atoms with E-state index in [9.17, 15) is 15.3 Å². The summed E-state index contributed by atoms with van der Waals surface area (Å²) in [5.74, 6) is 0. The third-order valence-electron chi connectivity index (χ3n) is 3.82. The number of piperidine rings is 1. The molecule has 4 atom stereocenters. The minimum atomic E-state index is -1.02. The van der Waals surface area contributed by atoms with Crippen LogP contribution in [-0.4, -0.2) is 70.9 Å². The largest absolute Gasteiger partial charge is 0.389 e. The predicted octanol–water partition coefficient (Wildman–Crippen LogP) is 0.370. The molecule has 0 aliphatic carbocycles. The van der Waals surface area contributed by atoms with Gasteiger partial charge in [0.25, 0.3) is 0 Å². The molecule has 1 aliphatic heterocycles. The molecule has 5 nitrogen and oxygen atoms in total. The lowest BCUT2D eigenvalue weighted by Crippen LogP contribution is -2.60. The van der Waals surface area contributed by atoms with E-state index in [2.05, 4.69) is 11.8 Å². The van der Waals surface area contributed by atoms with Gasteiger partial charge in [0.2, 0.25) is 0 Å². The maximum Gasteiger partial charge on any atom is 0.108 e. The summed E-state index contributed by atoms with van der Waals surface area (Å²) in [5.41, 5.74) is 0. The molecule has 114 valence electrons. The Morgan fingerprint density at radius 2 is 1.79 bits per heavy atom. The third kappa shape index (κ3) is 5.36. The number of likely N-dealkylation sites (tertiary alicyclic amines) is 1. The maximum absolute atomic E-state index is 9.82. The van der Waals surface area contributed by atoms with E-state index in [0.717, 1.165) is 45.4 Å². The summed E-state index contributed by atoms with van der Waals surface area (Å²) in [6, 6.07) is -0.102. The first kappa shape index (κ1) is 16.9. The molecule has 0 bridgehead atoms. The summed E-state index contributed by atoms with van der Waals surface area (Å²) in [4.78, 5) is 2.05. The quantitative estimate of drug-likeness (QED) is 0.558. The number of hydrogen-bond donors (Lipinski definition) is 3. The van der Waals surface area contributed by atoms with Crippen molar-refractivity contribution in [3.8, 4) is 0 Å². The summed E-state index contributed by atoms with van der Waals surface area (Å²) < 4.78 is 5.42. The highest BCUT2D eigenvalue weighted by molar-refractivity contribution is 4.91. The molecular weight excluding hydrogens is 246 g/mol. The number of hydrogen-bond acceptors (Lipinski definition) is 5. The highest BCUT2D eigenvalue weighted by Crippen LogP contribution is 2.19. The van der Waals surface area contributed by atoms with Crippen LogP contribution in [0.2, 0.25) is 0 Å². The number of nitrogens with zero attached hydrogens (tertiary/aromatic N) is 1. The van der Waals surface area contributed by atoms with Gasteiger partial charge in [0.1, 0.15) is 6.10 Å². The van der Waals surface area contributed by atoms with E-state index in [-0.39, 0.29) is 6.04 Å². The highest BCUT2D eigenvalue weighted by atomic mass is 16.5. The molecule has 1 rings (SSSR count).